The minimum atomic E-state index is 0.0457. The first-order valence-electron chi connectivity index (χ1n) is 9.82. The number of rotatable bonds is 5. The van der Waals surface area contributed by atoms with Crippen LogP contribution in [0.1, 0.15) is 36.4 Å². The van der Waals surface area contributed by atoms with Crippen molar-refractivity contribution in [2.24, 2.45) is 0 Å². The van der Waals surface area contributed by atoms with Crippen LogP contribution in [0.2, 0.25) is 0 Å². The van der Waals surface area contributed by atoms with Crippen LogP contribution in [0.15, 0.2) is 51.9 Å². The van der Waals surface area contributed by atoms with Gasteiger partial charge in [-0.25, -0.2) is 4.98 Å². The second-order valence-corrected chi connectivity index (χ2v) is 7.20. The lowest BCUT2D eigenvalue weighted by molar-refractivity contribution is 0.176. The lowest BCUT2D eigenvalue weighted by atomic mass is 10.1. The molecule has 3 aromatic rings. The highest BCUT2D eigenvalue weighted by Crippen LogP contribution is 2.28. The molecule has 0 saturated carbocycles. The Bertz CT molecular complexity index is 1010. The molecule has 0 spiro atoms. The fraction of sp³-hybridized carbons (Fsp3) is 0.364. The molecule has 0 aliphatic carbocycles. The maximum atomic E-state index is 13.1. The minimum Gasteiger partial charge on any atom is -0.468 e. The SMILES string of the molecule is CCc1ccc(N2CN(Cc3ccco3)Cn3c2nc(C)c(CC)c3=O)cc1. The number of aryl methyl sites for hydroxylation is 2. The van der Waals surface area contributed by atoms with Crippen LogP contribution in [-0.2, 0) is 26.1 Å². The molecule has 6 nitrogen and oxygen atoms in total. The molecular weight excluding hydrogens is 352 g/mol. The van der Waals surface area contributed by atoms with E-state index in [2.05, 4.69) is 41.0 Å². The van der Waals surface area contributed by atoms with Crippen molar-refractivity contribution in [3.63, 3.8) is 0 Å². The van der Waals surface area contributed by atoms with Crippen LogP contribution >= 0.6 is 0 Å². The van der Waals surface area contributed by atoms with E-state index in [-0.39, 0.29) is 5.56 Å². The van der Waals surface area contributed by atoms with Gasteiger partial charge < -0.3 is 4.42 Å². The van der Waals surface area contributed by atoms with E-state index in [4.69, 9.17) is 9.40 Å². The van der Waals surface area contributed by atoms with Gasteiger partial charge in [0.2, 0.25) is 5.95 Å². The second kappa shape index (κ2) is 7.64. The summed E-state index contributed by atoms with van der Waals surface area (Å²) in [7, 11) is 0. The standard InChI is InChI=1S/C22H26N4O2/c1-4-17-8-10-18(11-9-17)25-14-24(13-19-7-6-12-28-19)15-26-21(27)20(5-2)16(3)23-22(25)26/h6-12H,4-5,13-15H2,1-3H3. The first-order valence-corrected chi connectivity index (χ1v) is 9.82. The average molecular weight is 378 g/mol. The van der Waals surface area contributed by atoms with Gasteiger partial charge in [0.05, 0.1) is 26.1 Å². The minimum absolute atomic E-state index is 0.0457. The van der Waals surface area contributed by atoms with Gasteiger partial charge in [-0.2, -0.15) is 0 Å². The highest BCUT2D eigenvalue weighted by Gasteiger charge is 2.28. The monoisotopic (exact) mass is 378 g/mol. The van der Waals surface area contributed by atoms with E-state index in [0.29, 0.717) is 32.3 Å². The Balaban J connectivity index is 1.78. The Labute approximate surface area is 165 Å². The van der Waals surface area contributed by atoms with E-state index in [1.807, 2.05) is 26.0 Å². The summed E-state index contributed by atoms with van der Waals surface area (Å²) >= 11 is 0. The van der Waals surface area contributed by atoms with Gasteiger partial charge >= 0.3 is 0 Å². The first kappa shape index (κ1) is 18.5. The van der Waals surface area contributed by atoms with Crippen molar-refractivity contribution < 1.29 is 4.42 Å². The zero-order valence-corrected chi connectivity index (χ0v) is 16.7. The molecule has 6 heteroatoms. The molecule has 0 bridgehead atoms. The predicted molar refractivity (Wildman–Crippen MR) is 110 cm³/mol. The molecule has 0 unspecified atom stereocenters. The molecular formula is C22H26N4O2. The second-order valence-electron chi connectivity index (χ2n) is 7.20. The number of furan rings is 1. The molecule has 2 aromatic heterocycles. The number of hydrogen-bond donors (Lipinski definition) is 0. The van der Waals surface area contributed by atoms with Gasteiger partial charge in [-0.15, -0.1) is 0 Å². The Morgan fingerprint density at radius 3 is 2.50 bits per heavy atom. The van der Waals surface area contributed by atoms with Gasteiger partial charge in [-0.1, -0.05) is 26.0 Å². The van der Waals surface area contributed by atoms with Gasteiger partial charge in [0.25, 0.3) is 5.56 Å². The van der Waals surface area contributed by atoms with E-state index < -0.39 is 0 Å². The topological polar surface area (TPSA) is 54.5 Å². The molecule has 1 aliphatic rings. The summed E-state index contributed by atoms with van der Waals surface area (Å²) < 4.78 is 7.31. The third-order valence-corrected chi connectivity index (χ3v) is 5.34. The van der Waals surface area contributed by atoms with Gasteiger partial charge in [0.1, 0.15) is 5.76 Å². The van der Waals surface area contributed by atoms with Crippen LogP contribution < -0.4 is 10.5 Å². The van der Waals surface area contributed by atoms with Gasteiger partial charge in [0, 0.05) is 16.9 Å². The van der Waals surface area contributed by atoms with Crippen LogP contribution in [0.25, 0.3) is 0 Å². The molecule has 0 radical (unpaired) electrons. The summed E-state index contributed by atoms with van der Waals surface area (Å²) in [6.07, 6.45) is 3.36. The molecule has 28 heavy (non-hydrogen) atoms. The smallest absolute Gasteiger partial charge is 0.259 e. The van der Waals surface area contributed by atoms with Crippen molar-refractivity contribution in [3.05, 3.63) is 75.6 Å². The quantitative estimate of drug-likeness (QED) is 0.675. The normalized spacial score (nSPS) is 14.3. The summed E-state index contributed by atoms with van der Waals surface area (Å²) in [5, 5.41) is 0. The lowest BCUT2D eigenvalue weighted by Gasteiger charge is -2.38. The zero-order chi connectivity index (χ0) is 19.7. The summed E-state index contributed by atoms with van der Waals surface area (Å²) in [6.45, 7) is 7.85. The van der Waals surface area contributed by atoms with Crippen molar-refractivity contribution in [3.8, 4) is 0 Å². The molecule has 0 fully saturated rings. The van der Waals surface area contributed by atoms with Crippen LogP contribution in [-0.4, -0.2) is 21.1 Å². The fourth-order valence-electron chi connectivity index (χ4n) is 3.77. The van der Waals surface area contributed by atoms with Crippen molar-refractivity contribution in [1.29, 1.82) is 0 Å². The van der Waals surface area contributed by atoms with Crippen LogP contribution in [0, 0.1) is 6.92 Å². The van der Waals surface area contributed by atoms with Crippen molar-refractivity contribution in [1.82, 2.24) is 14.5 Å². The molecule has 0 amide bonds. The van der Waals surface area contributed by atoms with Crippen LogP contribution in [0.5, 0.6) is 0 Å². The predicted octanol–water partition coefficient (Wildman–Crippen LogP) is 3.84. The van der Waals surface area contributed by atoms with Crippen molar-refractivity contribution in [2.45, 2.75) is 46.8 Å². The molecule has 4 rings (SSSR count). The maximum Gasteiger partial charge on any atom is 0.259 e. The summed E-state index contributed by atoms with van der Waals surface area (Å²) in [5.41, 5.74) is 3.96. The highest BCUT2D eigenvalue weighted by atomic mass is 16.3. The number of nitrogens with zero attached hydrogens (tertiary/aromatic N) is 4. The van der Waals surface area contributed by atoms with Gasteiger partial charge in [0.15, 0.2) is 0 Å². The summed E-state index contributed by atoms with van der Waals surface area (Å²) in [6, 6.07) is 12.3. The van der Waals surface area contributed by atoms with Gasteiger partial charge in [-0.05, 0) is 49.6 Å². The van der Waals surface area contributed by atoms with E-state index in [1.54, 1.807) is 10.8 Å². The van der Waals surface area contributed by atoms with E-state index >= 15 is 0 Å². The Kier molecular flexibility index (Phi) is 5.05. The molecule has 1 aliphatic heterocycles. The molecule has 146 valence electrons. The number of anilines is 2. The highest BCUT2D eigenvalue weighted by molar-refractivity contribution is 5.59. The third kappa shape index (κ3) is 3.36. The molecule has 0 saturated heterocycles. The molecule has 0 N–H and O–H groups in total. The van der Waals surface area contributed by atoms with Crippen LogP contribution in [0.3, 0.4) is 0 Å². The Morgan fingerprint density at radius 1 is 1.07 bits per heavy atom. The van der Waals surface area contributed by atoms with Crippen molar-refractivity contribution >= 4 is 11.6 Å². The van der Waals surface area contributed by atoms with E-state index in [0.717, 1.165) is 29.1 Å². The lowest BCUT2D eigenvalue weighted by Crippen LogP contribution is -2.47. The summed E-state index contributed by atoms with van der Waals surface area (Å²) in [4.78, 5) is 22.3. The van der Waals surface area contributed by atoms with E-state index in [1.165, 1.54) is 5.56 Å². The largest absolute Gasteiger partial charge is 0.468 e. The average Bonchev–Trinajstić information content (AvgIpc) is 3.21. The van der Waals surface area contributed by atoms with E-state index in [9.17, 15) is 4.79 Å². The van der Waals surface area contributed by atoms with Gasteiger partial charge in [-0.3, -0.25) is 19.2 Å². The number of aromatic nitrogens is 2. The number of fused-ring (bicyclic) bond motifs is 1. The fourth-order valence-corrected chi connectivity index (χ4v) is 3.77. The first-order chi connectivity index (χ1) is 13.6. The Hall–Kier alpha value is -2.86. The molecule has 0 atom stereocenters. The number of hydrogen-bond acceptors (Lipinski definition) is 5. The molecule has 3 heterocycles. The Morgan fingerprint density at radius 2 is 1.86 bits per heavy atom. The maximum absolute atomic E-state index is 13.1. The third-order valence-electron chi connectivity index (χ3n) is 5.34. The van der Waals surface area contributed by atoms with Crippen LogP contribution in [0.4, 0.5) is 11.6 Å². The van der Waals surface area contributed by atoms with Crippen molar-refractivity contribution in [2.75, 3.05) is 11.6 Å². The number of benzene rings is 1. The zero-order valence-electron chi connectivity index (χ0n) is 16.7. The summed E-state index contributed by atoms with van der Waals surface area (Å²) in [5.74, 6) is 1.59. The molecule has 1 aromatic carbocycles.